The predicted octanol–water partition coefficient (Wildman–Crippen LogP) is 0.199. The molecule has 0 unspecified atom stereocenters. The lowest BCUT2D eigenvalue weighted by Gasteiger charge is -1.59. The van der Waals surface area contributed by atoms with Gasteiger partial charge in [-0.15, -0.1) is 0 Å². The van der Waals surface area contributed by atoms with Gasteiger partial charge in [0.05, 0.1) is 0 Å². The first-order valence-electron chi connectivity index (χ1n) is 2.22. The normalized spacial score (nSPS) is 7.67. The second-order valence-electron chi connectivity index (χ2n) is 1.07. The SMILES string of the molecule is CC(=O)O.N=CC=CN. The molecule has 52 valence electrons. The van der Waals surface area contributed by atoms with Gasteiger partial charge in [0.15, 0.2) is 0 Å². The number of carbonyl (C=O) groups is 1. The van der Waals surface area contributed by atoms with E-state index in [9.17, 15) is 0 Å². The molecule has 0 aliphatic rings. The van der Waals surface area contributed by atoms with Crippen molar-refractivity contribution in [2.45, 2.75) is 6.92 Å². The maximum absolute atomic E-state index is 9.00. The van der Waals surface area contributed by atoms with Gasteiger partial charge in [-0.25, -0.2) is 0 Å². The molecule has 0 amide bonds. The van der Waals surface area contributed by atoms with Crippen LogP contribution in [0.4, 0.5) is 0 Å². The zero-order chi connectivity index (χ0) is 7.70. The molecule has 0 aromatic carbocycles. The molecule has 0 aromatic heterocycles. The summed E-state index contributed by atoms with van der Waals surface area (Å²) in [5, 5.41) is 13.7. The quantitative estimate of drug-likeness (QED) is 0.443. The van der Waals surface area contributed by atoms with Crippen molar-refractivity contribution in [3.05, 3.63) is 12.3 Å². The molecule has 4 N–H and O–H groups in total. The summed E-state index contributed by atoms with van der Waals surface area (Å²) in [4.78, 5) is 9.00. The minimum absolute atomic E-state index is 0.833. The summed E-state index contributed by atoms with van der Waals surface area (Å²) >= 11 is 0. The van der Waals surface area contributed by atoms with E-state index < -0.39 is 5.97 Å². The third-order valence-corrected chi connectivity index (χ3v) is 0.207. The number of rotatable bonds is 1. The highest BCUT2D eigenvalue weighted by Gasteiger charge is 1.65. The van der Waals surface area contributed by atoms with E-state index >= 15 is 0 Å². The highest BCUT2D eigenvalue weighted by Crippen LogP contribution is 1.45. The smallest absolute Gasteiger partial charge is 0.300 e. The molecule has 4 heteroatoms. The average molecular weight is 130 g/mol. The van der Waals surface area contributed by atoms with Crippen LogP contribution >= 0.6 is 0 Å². The third kappa shape index (κ3) is 316. The Balaban J connectivity index is 0. The zero-order valence-electron chi connectivity index (χ0n) is 5.16. The van der Waals surface area contributed by atoms with E-state index in [1.165, 1.54) is 12.3 Å². The summed E-state index contributed by atoms with van der Waals surface area (Å²) in [5.41, 5.74) is 4.81. The number of aliphatic carboxylic acids is 1. The largest absolute Gasteiger partial charge is 0.481 e. The fourth-order valence-corrected chi connectivity index (χ4v) is 0.0556. The first-order valence-corrected chi connectivity index (χ1v) is 2.22. The molecular formula is C5H10N2O2. The first-order chi connectivity index (χ1) is 4.15. The van der Waals surface area contributed by atoms with Gasteiger partial charge >= 0.3 is 0 Å². The van der Waals surface area contributed by atoms with Crippen LogP contribution in [0.25, 0.3) is 0 Å². The Hall–Kier alpha value is -1.32. The van der Waals surface area contributed by atoms with Crippen molar-refractivity contribution in [2.75, 3.05) is 0 Å². The number of carboxylic acid groups (broad SMARTS) is 1. The maximum atomic E-state index is 9.00. The monoisotopic (exact) mass is 130 g/mol. The molecule has 4 nitrogen and oxygen atoms in total. The molecule has 0 saturated heterocycles. The number of nitrogens with two attached hydrogens (primary N) is 1. The highest BCUT2D eigenvalue weighted by molar-refractivity contribution is 5.67. The summed E-state index contributed by atoms with van der Waals surface area (Å²) in [5.74, 6) is -0.833. The van der Waals surface area contributed by atoms with Gasteiger partial charge in [-0.3, -0.25) is 4.79 Å². The van der Waals surface area contributed by atoms with Crippen LogP contribution < -0.4 is 5.73 Å². The predicted molar refractivity (Wildman–Crippen MR) is 35.4 cm³/mol. The fourth-order valence-electron chi connectivity index (χ4n) is 0.0556. The van der Waals surface area contributed by atoms with Gasteiger partial charge in [0.2, 0.25) is 0 Å². The molecule has 0 saturated carbocycles. The molecule has 9 heavy (non-hydrogen) atoms. The molecule has 0 fully saturated rings. The van der Waals surface area contributed by atoms with Gasteiger partial charge in [-0.05, 0) is 12.3 Å². The summed E-state index contributed by atoms with van der Waals surface area (Å²) in [7, 11) is 0. The van der Waals surface area contributed by atoms with Crippen LogP contribution in [-0.4, -0.2) is 17.3 Å². The Morgan fingerprint density at radius 2 is 2.11 bits per heavy atom. The van der Waals surface area contributed by atoms with Gasteiger partial charge < -0.3 is 16.2 Å². The lowest BCUT2D eigenvalue weighted by atomic mass is 10.7. The Morgan fingerprint density at radius 1 is 1.78 bits per heavy atom. The molecule has 0 aliphatic heterocycles. The molecule has 0 atom stereocenters. The zero-order valence-corrected chi connectivity index (χ0v) is 5.16. The third-order valence-electron chi connectivity index (χ3n) is 0.207. The highest BCUT2D eigenvalue weighted by atomic mass is 16.4. The number of hydrogen-bond acceptors (Lipinski definition) is 3. The van der Waals surface area contributed by atoms with E-state index in [1.807, 2.05) is 0 Å². The van der Waals surface area contributed by atoms with Gasteiger partial charge in [0.25, 0.3) is 5.97 Å². The van der Waals surface area contributed by atoms with Gasteiger partial charge in [0.1, 0.15) is 0 Å². The molecule has 0 heterocycles. The topological polar surface area (TPSA) is 87.2 Å². The molecular weight excluding hydrogens is 120 g/mol. The van der Waals surface area contributed by atoms with E-state index in [1.54, 1.807) is 0 Å². The van der Waals surface area contributed by atoms with Crippen molar-refractivity contribution in [1.29, 1.82) is 5.41 Å². The second-order valence-corrected chi connectivity index (χ2v) is 1.07. The van der Waals surface area contributed by atoms with E-state index in [0.717, 1.165) is 13.1 Å². The van der Waals surface area contributed by atoms with E-state index in [4.69, 9.17) is 21.0 Å². The van der Waals surface area contributed by atoms with Crippen molar-refractivity contribution in [3.63, 3.8) is 0 Å². The van der Waals surface area contributed by atoms with Crippen LogP contribution in [-0.2, 0) is 4.79 Å². The lowest BCUT2D eigenvalue weighted by Crippen LogP contribution is -1.78. The summed E-state index contributed by atoms with van der Waals surface area (Å²) in [6, 6.07) is 0. The molecule has 0 bridgehead atoms. The van der Waals surface area contributed by atoms with E-state index in [-0.39, 0.29) is 0 Å². The number of nitrogens with one attached hydrogen (secondary N) is 1. The van der Waals surface area contributed by atoms with Crippen molar-refractivity contribution >= 4 is 12.2 Å². The van der Waals surface area contributed by atoms with Crippen LogP contribution in [0.1, 0.15) is 6.92 Å². The van der Waals surface area contributed by atoms with Crippen LogP contribution in [0.3, 0.4) is 0 Å². The molecule has 0 radical (unpaired) electrons. The summed E-state index contributed by atoms with van der Waals surface area (Å²) in [6.07, 6.45) is 3.88. The minimum Gasteiger partial charge on any atom is -0.481 e. The Labute approximate surface area is 53.5 Å². The lowest BCUT2D eigenvalue weighted by molar-refractivity contribution is -0.134. The van der Waals surface area contributed by atoms with Crippen LogP contribution in [0.5, 0.6) is 0 Å². The standard InChI is InChI=1S/C3H6N2.C2H4O2/c4-2-1-3-5;1-2(3)4/h1-4H,5H2;1H3,(H,3,4). The summed E-state index contributed by atoms with van der Waals surface area (Å²) < 4.78 is 0. The van der Waals surface area contributed by atoms with E-state index in [0.29, 0.717) is 0 Å². The number of hydrogen-bond donors (Lipinski definition) is 3. The number of allylic oxidation sites excluding steroid dienone is 1. The first kappa shape index (κ1) is 10.6. The average Bonchev–Trinajstić information content (AvgIpc) is 1.66. The molecule has 0 aliphatic carbocycles. The van der Waals surface area contributed by atoms with Crippen molar-refractivity contribution in [1.82, 2.24) is 0 Å². The molecule has 0 spiro atoms. The summed E-state index contributed by atoms with van der Waals surface area (Å²) in [6.45, 7) is 1.08. The number of carboxylic acids is 1. The molecule has 0 rings (SSSR count). The van der Waals surface area contributed by atoms with Crippen LogP contribution in [0.2, 0.25) is 0 Å². The molecule has 0 aromatic rings. The van der Waals surface area contributed by atoms with Crippen LogP contribution in [0.15, 0.2) is 12.3 Å². The minimum atomic E-state index is -0.833. The Morgan fingerprint density at radius 3 is 2.11 bits per heavy atom. The van der Waals surface area contributed by atoms with Crippen molar-refractivity contribution in [3.8, 4) is 0 Å². The van der Waals surface area contributed by atoms with Crippen molar-refractivity contribution < 1.29 is 9.90 Å². The maximum Gasteiger partial charge on any atom is 0.300 e. The Bertz CT molecular complexity index is 106. The Kier molecular flexibility index (Phi) is 11.6. The second kappa shape index (κ2) is 9.84. The van der Waals surface area contributed by atoms with Gasteiger partial charge in [0, 0.05) is 13.1 Å². The fraction of sp³-hybridized carbons (Fsp3) is 0.200. The van der Waals surface area contributed by atoms with Gasteiger partial charge in [-0.1, -0.05) is 0 Å². The van der Waals surface area contributed by atoms with Crippen LogP contribution in [0, 0.1) is 5.41 Å². The van der Waals surface area contributed by atoms with Crippen molar-refractivity contribution in [2.24, 2.45) is 5.73 Å². The van der Waals surface area contributed by atoms with Gasteiger partial charge in [-0.2, -0.15) is 0 Å². The van der Waals surface area contributed by atoms with E-state index in [2.05, 4.69) is 0 Å².